The highest BCUT2D eigenvalue weighted by atomic mass is 35.5. The van der Waals surface area contributed by atoms with E-state index in [0.29, 0.717) is 24.8 Å². The molecule has 4 N–H and O–H groups in total. The number of aliphatic hydroxyl groups is 3. The maximum absolute atomic E-state index is 12.3. The first-order valence-corrected chi connectivity index (χ1v) is 9.56. The van der Waals surface area contributed by atoms with Crippen LogP contribution in [0.25, 0.3) is 0 Å². The highest BCUT2D eigenvalue weighted by Crippen LogP contribution is 2.18. The number of benzene rings is 1. The van der Waals surface area contributed by atoms with Crippen LogP contribution in [0.2, 0.25) is 0 Å². The number of rotatable bonds is 12. The van der Waals surface area contributed by atoms with Gasteiger partial charge in [-0.05, 0) is 24.1 Å². The van der Waals surface area contributed by atoms with E-state index in [1.165, 1.54) is 0 Å². The van der Waals surface area contributed by atoms with E-state index in [2.05, 4.69) is 5.32 Å². The number of nitrogens with one attached hydrogen (secondary N) is 1. The molecule has 0 aliphatic rings. The standard InChI is InChI=1S/C18H25Cl2N3O4/c19-5-7-23(8-6-20)16-3-1-14(2-4-16)9-15(10-21)17(27)22-18(11-24,12-25)13-26/h1-4,15,24-26H,5-9,11-13H2,(H,22,27). The van der Waals surface area contributed by atoms with Gasteiger partial charge in [0.15, 0.2) is 0 Å². The molecule has 0 heterocycles. The molecule has 0 fully saturated rings. The van der Waals surface area contributed by atoms with Crippen molar-refractivity contribution in [2.45, 2.75) is 12.0 Å². The van der Waals surface area contributed by atoms with Gasteiger partial charge in [-0.25, -0.2) is 0 Å². The van der Waals surface area contributed by atoms with Crippen molar-refractivity contribution in [1.29, 1.82) is 5.26 Å². The second kappa shape index (κ2) is 12.0. The molecule has 1 aromatic carbocycles. The summed E-state index contributed by atoms with van der Waals surface area (Å²) in [6.45, 7) is -0.620. The van der Waals surface area contributed by atoms with Crippen molar-refractivity contribution < 1.29 is 20.1 Å². The van der Waals surface area contributed by atoms with E-state index in [9.17, 15) is 25.4 Å². The Balaban J connectivity index is 2.83. The number of carbonyl (C=O) groups excluding carboxylic acids is 1. The van der Waals surface area contributed by atoms with E-state index >= 15 is 0 Å². The zero-order chi connectivity index (χ0) is 20.3. The fraction of sp³-hybridized carbons (Fsp3) is 0.556. The average molecular weight is 418 g/mol. The number of hydrogen-bond acceptors (Lipinski definition) is 6. The molecule has 0 bridgehead atoms. The predicted molar refractivity (Wildman–Crippen MR) is 105 cm³/mol. The molecule has 1 amide bonds. The minimum Gasteiger partial charge on any atom is -0.394 e. The van der Waals surface area contributed by atoms with Crippen LogP contribution in [0.4, 0.5) is 5.69 Å². The van der Waals surface area contributed by atoms with Crippen LogP contribution in [0.1, 0.15) is 5.56 Å². The molecular formula is C18H25Cl2N3O4. The summed E-state index contributed by atoms with van der Waals surface area (Å²) in [6.07, 6.45) is 0.159. The van der Waals surface area contributed by atoms with Gasteiger partial charge in [0.1, 0.15) is 11.5 Å². The molecule has 1 unspecified atom stereocenters. The van der Waals surface area contributed by atoms with E-state index in [1.807, 2.05) is 35.2 Å². The van der Waals surface area contributed by atoms with Crippen molar-refractivity contribution in [2.75, 3.05) is 49.6 Å². The summed E-state index contributed by atoms with van der Waals surface area (Å²) < 4.78 is 0. The third kappa shape index (κ3) is 6.83. The van der Waals surface area contributed by atoms with Crippen LogP contribution < -0.4 is 10.2 Å². The Labute approximate surface area is 169 Å². The van der Waals surface area contributed by atoms with Gasteiger partial charge < -0.3 is 25.5 Å². The number of alkyl halides is 2. The van der Waals surface area contributed by atoms with Crippen molar-refractivity contribution >= 4 is 34.8 Å². The summed E-state index contributed by atoms with van der Waals surface area (Å²) in [5, 5.41) is 39.6. The Morgan fingerprint density at radius 1 is 1.11 bits per heavy atom. The van der Waals surface area contributed by atoms with E-state index in [0.717, 1.165) is 11.3 Å². The van der Waals surface area contributed by atoms with Gasteiger partial charge in [-0.2, -0.15) is 5.26 Å². The zero-order valence-electron chi connectivity index (χ0n) is 14.9. The monoisotopic (exact) mass is 417 g/mol. The first-order chi connectivity index (χ1) is 13.0. The quantitative estimate of drug-likeness (QED) is 0.367. The number of carbonyl (C=O) groups is 1. The molecule has 9 heteroatoms. The van der Waals surface area contributed by atoms with Gasteiger partial charge >= 0.3 is 0 Å². The molecular weight excluding hydrogens is 393 g/mol. The summed E-state index contributed by atoms with van der Waals surface area (Å²) in [5.74, 6) is -0.749. The lowest BCUT2D eigenvalue weighted by Gasteiger charge is -2.29. The highest BCUT2D eigenvalue weighted by Gasteiger charge is 2.32. The van der Waals surface area contributed by atoms with Crippen LogP contribution in [-0.2, 0) is 11.2 Å². The molecule has 150 valence electrons. The number of aliphatic hydroxyl groups excluding tert-OH is 3. The van der Waals surface area contributed by atoms with Crippen molar-refractivity contribution in [3.63, 3.8) is 0 Å². The molecule has 0 aliphatic carbocycles. The first kappa shape index (κ1) is 23.5. The summed E-state index contributed by atoms with van der Waals surface area (Å²) in [6, 6.07) is 9.31. The Hall–Kier alpha value is -1.56. The van der Waals surface area contributed by atoms with Gasteiger partial charge in [0.25, 0.3) is 0 Å². The number of hydrogen-bond donors (Lipinski definition) is 4. The normalized spacial score (nSPS) is 12.3. The molecule has 1 atom stereocenters. The number of anilines is 1. The van der Waals surface area contributed by atoms with Gasteiger partial charge in [-0.3, -0.25) is 4.79 Å². The van der Waals surface area contributed by atoms with Crippen molar-refractivity contribution in [1.82, 2.24) is 5.32 Å². The Morgan fingerprint density at radius 2 is 1.63 bits per heavy atom. The topological polar surface area (TPSA) is 117 Å². The first-order valence-electron chi connectivity index (χ1n) is 8.49. The zero-order valence-corrected chi connectivity index (χ0v) is 16.5. The molecule has 0 saturated carbocycles. The van der Waals surface area contributed by atoms with Gasteiger partial charge in [-0.1, -0.05) is 12.1 Å². The fourth-order valence-corrected chi connectivity index (χ4v) is 2.87. The Bertz CT molecular complexity index is 604. The third-order valence-corrected chi connectivity index (χ3v) is 4.56. The molecule has 7 nitrogen and oxygen atoms in total. The van der Waals surface area contributed by atoms with E-state index in [-0.39, 0.29) is 6.42 Å². The van der Waals surface area contributed by atoms with E-state index in [4.69, 9.17) is 23.2 Å². The maximum Gasteiger partial charge on any atom is 0.238 e. The lowest BCUT2D eigenvalue weighted by Crippen LogP contribution is -2.58. The Kier molecular flexibility index (Phi) is 10.4. The van der Waals surface area contributed by atoms with Crippen LogP contribution >= 0.6 is 23.2 Å². The summed E-state index contributed by atoms with van der Waals surface area (Å²) >= 11 is 11.6. The highest BCUT2D eigenvalue weighted by molar-refractivity contribution is 6.18. The predicted octanol–water partition coefficient (Wildman–Crippen LogP) is 0.485. The van der Waals surface area contributed by atoms with E-state index < -0.39 is 37.2 Å². The average Bonchev–Trinajstić information content (AvgIpc) is 2.70. The molecule has 1 aromatic rings. The second-order valence-electron chi connectivity index (χ2n) is 6.16. The molecule has 1 rings (SSSR count). The third-order valence-electron chi connectivity index (χ3n) is 4.22. The van der Waals surface area contributed by atoms with Gasteiger partial charge in [-0.15, -0.1) is 23.2 Å². The number of amides is 1. The van der Waals surface area contributed by atoms with Gasteiger partial charge in [0.2, 0.25) is 5.91 Å². The van der Waals surface area contributed by atoms with E-state index in [1.54, 1.807) is 0 Å². The van der Waals surface area contributed by atoms with Crippen LogP contribution in [0.15, 0.2) is 24.3 Å². The van der Waals surface area contributed by atoms with Crippen LogP contribution in [0, 0.1) is 17.2 Å². The summed E-state index contributed by atoms with van der Waals surface area (Å²) in [7, 11) is 0. The van der Waals surface area contributed by atoms with Gasteiger partial charge in [0, 0.05) is 30.5 Å². The van der Waals surface area contributed by atoms with Crippen molar-refractivity contribution in [3.8, 4) is 6.07 Å². The molecule has 27 heavy (non-hydrogen) atoms. The van der Waals surface area contributed by atoms with Crippen molar-refractivity contribution in [2.24, 2.45) is 5.92 Å². The van der Waals surface area contributed by atoms with Crippen LogP contribution in [0.5, 0.6) is 0 Å². The lowest BCUT2D eigenvalue weighted by atomic mass is 9.96. The van der Waals surface area contributed by atoms with Gasteiger partial charge in [0.05, 0.1) is 25.9 Å². The minimum absolute atomic E-state index is 0.159. The molecule has 0 aromatic heterocycles. The molecule has 0 spiro atoms. The number of halogens is 2. The molecule has 0 radical (unpaired) electrons. The second-order valence-corrected chi connectivity index (χ2v) is 6.92. The lowest BCUT2D eigenvalue weighted by molar-refractivity contribution is -0.127. The molecule has 0 aliphatic heterocycles. The largest absolute Gasteiger partial charge is 0.394 e. The van der Waals surface area contributed by atoms with Crippen molar-refractivity contribution in [3.05, 3.63) is 29.8 Å². The summed E-state index contributed by atoms with van der Waals surface area (Å²) in [5.41, 5.74) is 0.164. The summed E-state index contributed by atoms with van der Waals surface area (Å²) in [4.78, 5) is 14.4. The maximum atomic E-state index is 12.3. The SMILES string of the molecule is N#CC(Cc1ccc(N(CCCl)CCCl)cc1)C(=O)NC(CO)(CO)CO. The number of nitriles is 1. The van der Waals surface area contributed by atoms with Crippen LogP contribution in [0.3, 0.4) is 0 Å². The smallest absolute Gasteiger partial charge is 0.238 e. The molecule has 0 saturated heterocycles. The number of nitrogens with zero attached hydrogens (tertiary/aromatic N) is 2. The Morgan fingerprint density at radius 3 is 2.04 bits per heavy atom. The fourth-order valence-electron chi connectivity index (χ4n) is 2.47. The van der Waals surface area contributed by atoms with Crippen LogP contribution in [-0.4, -0.2) is 71.4 Å². The minimum atomic E-state index is -1.56.